The minimum absolute atomic E-state index is 0.0288. The van der Waals surface area contributed by atoms with E-state index in [4.69, 9.17) is 0 Å². The average Bonchev–Trinajstić information content (AvgIpc) is 3.00. The number of hydrogen-bond donors (Lipinski definition) is 2. The number of H-pyrrole nitrogens is 2. The Bertz CT molecular complexity index is 798. The van der Waals surface area contributed by atoms with Crippen molar-refractivity contribution < 1.29 is 13.2 Å². The molecule has 8 nitrogen and oxygen atoms in total. The monoisotopic (exact) mass is 357 g/mol. The van der Waals surface area contributed by atoms with Crippen LogP contribution in [0.5, 0.6) is 0 Å². The van der Waals surface area contributed by atoms with E-state index >= 15 is 0 Å². The maximum atomic E-state index is 13.1. The first kappa shape index (κ1) is 17.2. The Balaban J connectivity index is 1.92. The van der Waals surface area contributed by atoms with Crippen molar-refractivity contribution in [3.63, 3.8) is 0 Å². The summed E-state index contributed by atoms with van der Waals surface area (Å²) >= 11 is 0. The number of alkyl halides is 3. The molecule has 0 radical (unpaired) electrons. The van der Waals surface area contributed by atoms with Gasteiger partial charge in [0.25, 0.3) is 0 Å². The fourth-order valence-electron chi connectivity index (χ4n) is 2.80. The van der Waals surface area contributed by atoms with E-state index < -0.39 is 17.6 Å². The third-order valence-electron chi connectivity index (χ3n) is 4.06. The molecule has 1 aliphatic heterocycles. The first-order chi connectivity index (χ1) is 11.7. The molecule has 1 atom stereocenters. The maximum Gasteiger partial charge on any atom is 0.433 e. The van der Waals surface area contributed by atoms with Gasteiger partial charge in [-0.2, -0.15) is 23.3 Å². The van der Waals surface area contributed by atoms with E-state index in [0.29, 0.717) is 18.9 Å². The van der Waals surface area contributed by atoms with Crippen molar-refractivity contribution in [1.29, 1.82) is 0 Å². The van der Waals surface area contributed by atoms with E-state index in [1.807, 2.05) is 0 Å². The maximum absolute atomic E-state index is 13.1. The third-order valence-corrected chi connectivity index (χ3v) is 4.06. The fraction of sp³-hybridized carbons (Fsp3) is 0.571. The molecule has 1 saturated heterocycles. The van der Waals surface area contributed by atoms with Crippen molar-refractivity contribution in [1.82, 2.24) is 25.1 Å². The van der Waals surface area contributed by atoms with Crippen LogP contribution in [0, 0.1) is 0 Å². The van der Waals surface area contributed by atoms with Gasteiger partial charge >= 0.3 is 11.9 Å². The van der Waals surface area contributed by atoms with E-state index in [1.165, 1.54) is 4.90 Å². The SMILES string of the molecule is CN(C)c1cc(C(F)(F)F)nc(N2CCCC(c3n[nH]c(=O)[nH]3)C2)n1. The second-order valence-electron chi connectivity index (χ2n) is 6.15. The summed E-state index contributed by atoms with van der Waals surface area (Å²) < 4.78 is 39.4. The lowest BCUT2D eigenvalue weighted by Gasteiger charge is -2.32. The Morgan fingerprint density at radius 2 is 2.08 bits per heavy atom. The molecule has 0 saturated carbocycles. The summed E-state index contributed by atoms with van der Waals surface area (Å²) in [4.78, 5) is 25.0. The minimum Gasteiger partial charge on any atom is -0.363 e. The second-order valence-corrected chi connectivity index (χ2v) is 6.15. The smallest absolute Gasteiger partial charge is 0.363 e. The van der Waals surface area contributed by atoms with Gasteiger partial charge in [-0.3, -0.25) is 4.98 Å². The number of hydrogen-bond acceptors (Lipinski definition) is 6. The van der Waals surface area contributed by atoms with Gasteiger partial charge in [0.05, 0.1) is 0 Å². The Morgan fingerprint density at radius 3 is 2.68 bits per heavy atom. The molecule has 3 heterocycles. The molecule has 136 valence electrons. The van der Waals surface area contributed by atoms with Gasteiger partial charge in [-0.05, 0) is 12.8 Å². The molecule has 2 aromatic heterocycles. The molecule has 0 aliphatic carbocycles. The number of aromatic amines is 2. The van der Waals surface area contributed by atoms with Gasteiger partial charge in [-0.25, -0.2) is 14.9 Å². The van der Waals surface area contributed by atoms with E-state index in [2.05, 4.69) is 25.1 Å². The molecular formula is C14H18F3N7O. The summed E-state index contributed by atoms with van der Waals surface area (Å²) in [5, 5.41) is 6.23. The molecule has 1 aliphatic rings. The van der Waals surface area contributed by atoms with E-state index in [-0.39, 0.29) is 17.7 Å². The Labute approximate surface area is 141 Å². The molecule has 0 amide bonds. The first-order valence-electron chi connectivity index (χ1n) is 7.77. The van der Waals surface area contributed by atoms with Gasteiger partial charge in [-0.1, -0.05) is 0 Å². The molecule has 1 fully saturated rings. The number of aromatic nitrogens is 5. The van der Waals surface area contributed by atoms with Crippen molar-refractivity contribution in [2.75, 3.05) is 37.0 Å². The van der Waals surface area contributed by atoms with Crippen molar-refractivity contribution >= 4 is 11.8 Å². The van der Waals surface area contributed by atoms with Gasteiger partial charge in [-0.15, -0.1) is 0 Å². The summed E-state index contributed by atoms with van der Waals surface area (Å²) in [7, 11) is 3.25. The van der Waals surface area contributed by atoms with Gasteiger partial charge in [0.1, 0.15) is 11.6 Å². The normalized spacial score (nSPS) is 18.4. The Morgan fingerprint density at radius 1 is 1.32 bits per heavy atom. The summed E-state index contributed by atoms with van der Waals surface area (Å²) in [5.41, 5.74) is -1.38. The molecule has 2 aromatic rings. The highest BCUT2D eigenvalue weighted by Gasteiger charge is 2.35. The predicted octanol–water partition coefficient (Wildman–Crippen LogP) is 1.36. The standard InChI is InChI=1S/C14H18F3N7O/c1-23(2)10-6-9(14(15,16)17)18-12(19-10)24-5-3-4-8(7-24)11-20-13(25)22-21-11/h6,8H,3-5,7H2,1-2H3,(H2,20,21,22,25). The van der Waals surface area contributed by atoms with Crippen molar-refractivity contribution in [3.05, 3.63) is 28.1 Å². The number of rotatable bonds is 3. The topological polar surface area (TPSA) is 93.8 Å². The molecule has 11 heteroatoms. The minimum atomic E-state index is -4.55. The molecule has 2 N–H and O–H groups in total. The zero-order chi connectivity index (χ0) is 18.2. The van der Waals surface area contributed by atoms with Gasteiger partial charge in [0, 0.05) is 39.2 Å². The average molecular weight is 357 g/mol. The van der Waals surface area contributed by atoms with E-state index in [1.54, 1.807) is 19.0 Å². The first-order valence-corrected chi connectivity index (χ1v) is 7.77. The number of halogens is 3. The van der Waals surface area contributed by atoms with Crippen LogP contribution in [0.3, 0.4) is 0 Å². The lowest BCUT2D eigenvalue weighted by Crippen LogP contribution is -2.36. The highest BCUT2D eigenvalue weighted by atomic mass is 19.4. The summed E-state index contributed by atoms with van der Waals surface area (Å²) in [6, 6.07) is 0.927. The molecule has 1 unspecified atom stereocenters. The third kappa shape index (κ3) is 3.74. The Hall–Kier alpha value is -2.59. The molecule has 0 bridgehead atoms. The molecule has 3 rings (SSSR count). The predicted molar refractivity (Wildman–Crippen MR) is 84.8 cm³/mol. The second kappa shape index (κ2) is 6.37. The Kier molecular flexibility index (Phi) is 4.39. The molecule has 0 aromatic carbocycles. The highest BCUT2D eigenvalue weighted by molar-refractivity contribution is 5.46. The van der Waals surface area contributed by atoms with Gasteiger partial charge in [0.15, 0.2) is 5.69 Å². The van der Waals surface area contributed by atoms with Crippen LogP contribution in [0.4, 0.5) is 24.9 Å². The summed E-state index contributed by atoms with van der Waals surface area (Å²) in [6.45, 7) is 0.925. The number of piperidine rings is 1. The van der Waals surface area contributed by atoms with Crippen LogP contribution in [0.1, 0.15) is 30.3 Å². The largest absolute Gasteiger partial charge is 0.433 e. The number of nitrogens with zero attached hydrogens (tertiary/aromatic N) is 5. The lowest BCUT2D eigenvalue weighted by molar-refractivity contribution is -0.141. The van der Waals surface area contributed by atoms with Crippen molar-refractivity contribution in [2.24, 2.45) is 0 Å². The number of nitrogens with one attached hydrogen (secondary N) is 2. The molecular weight excluding hydrogens is 339 g/mol. The zero-order valence-corrected chi connectivity index (χ0v) is 13.8. The van der Waals surface area contributed by atoms with Crippen LogP contribution < -0.4 is 15.5 Å². The quantitative estimate of drug-likeness (QED) is 0.861. The molecule has 25 heavy (non-hydrogen) atoms. The van der Waals surface area contributed by atoms with Crippen molar-refractivity contribution in [2.45, 2.75) is 24.9 Å². The lowest BCUT2D eigenvalue weighted by atomic mass is 9.98. The van der Waals surface area contributed by atoms with Crippen LogP contribution in [0.25, 0.3) is 0 Å². The van der Waals surface area contributed by atoms with Crippen molar-refractivity contribution in [3.8, 4) is 0 Å². The van der Waals surface area contributed by atoms with Gasteiger partial charge < -0.3 is 9.80 Å². The summed E-state index contributed by atoms with van der Waals surface area (Å²) in [5.74, 6) is 0.608. The highest BCUT2D eigenvalue weighted by Crippen LogP contribution is 2.32. The zero-order valence-electron chi connectivity index (χ0n) is 13.8. The van der Waals surface area contributed by atoms with Gasteiger partial charge in [0.2, 0.25) is 5.95 Å². The van der Waals surface area contributed by atoms with E-state index in [9.17, 15) is 18.0 Å². The number of anilines is 2. The molecule has 0 spiro atoms. The van der Waals surface area contributed by atoms with E-state index in [0.717, 1.165) is 18.9 Å². The van der Waals surface area contributed by atoms with Crippen LogP contribution in [-0.2, 0) is 6.18 Å². The van der Waals surface area contributed by atoms with Crippen LogP contribution >= 0.6 is 0 Å². The van der Waals surface area contributed by atoms with Crippen LogP contribution in [-0.4, -0.2) is 52.3 Å². The van der Waals surface area contributed by atoms with Crippen LogP contribution in [0.15, 0.2) is 10.9 Å². The van der Waals surface area contributed by atoms with Crippen LogP contribution in [0.2, 0.25) is 0 Å². The summed E-state index contributed by atoms with van der Waals surface area (Å²) in [6.07, 6.45) is -3.04. The fourth-order valence-corrected chi connectivity index (χ4v) is 2.80.